The summed E-state index contributed by atoms with van der Waals surface area (Å²) in [5.41, 5.74) is 0. The molecule has 2 rings (SSSR count). The van der Waals surface area contributed by atoms with E-state index in [0.717, 1.165) is 0 Å². The van der Waals surface area contributed by atoms with E-state index >= 15 is 0 Å². The summed E-state index contributed by atoms with van der Waals surface area (Å²) < 4.78 is 25.8. The van der Waals surface area contributed by atoms with Gasteiger partial charge in [0.25, 0.3) is 0 Å². The van der Waals surface area contributed by atoms with E-state index < -0.39 is 21.9 Å². The largest absolute Gasteiger partial charge is 0.481 e. The van der Waals surface area contributed by atoms with Crippen LogP contribution in [0.15, 0.2) is 35.2 Å². The highest BCUT2D eigenvalue weighted by molar-refractivity contribution is 7.89. The van der Waals surface area contributed by atoms with E-state index in [4.69, 9.17) is 5.11 Å². The molecule has 0 saturated carbocycles. The Morgan fingerprint density at radius 3 is 2.39 bits per heavy atom. The van der Waals surface area contributed by atoms with Gasteiger partial charge in [0.2, 0.25) is 10.0 Å². The van der Waals surface area contributed by atoms with Crippen LogP contribution in [0.1, 0.15) is 6.92 Å². The van der Waals surface area contributed by atoms with Crippen molar-refractivity contribution in [2.45, 2.75) is 11.8 Å². The van der Waals surface area contributed by atoms with Gasteiger partial charge in [0.1, 0.15) is 0 Å². The zero-order valence-corrected chi connectivity index (χ0v) is 10.8. The fourth-order valence-corrected chi connectivity index (χ4v) is 3.77. The zero-order valence-electron chi connectivity index (χ0n) is 9.98. The van der Waals surface area contributed by atoms with Crippen LogP contribution in [0.3, 0.4) is 0 Å². The Hall–Kier alpha value is -1.40. The van der Waals surface area contributed by atoms with Crippen molar-refractivity contribution in [3.8, 4) is 0 Å². The second-order valence-electron chi connectivity index (χ2n) is 4.56. The van der Waals surface area contributed by atoms with Gasteiger partial charge < -0.3 is 5.11 Å². The van der Waals surface area contributed by atoms with Crippen molar-refractivity contribution in [3.63, 3.8) is 0 Å². The summed E-state index contributed by atoms with van der Waals surface area (Å²) in [4.78, 5) is 11.2. The van der Waals surface area contributed by atoms with Crippen molar-refractivity contribution < 1.29 is 18.3 Å². The average Bonchev–Trinajstić information content (AvgIpc) is 2.73. The van der Waals surface area contributed by atoms with Crippen molar-refractivity contribution in [2.75, 3.05) is 13.1 Å². The first-order valence-corrected chi connectivity index (χ1v) is 7.15. The van der Waals surface area contributed by atoms with Crippen LogP contribution in [0.25, 0.3) is 0 Å². The van der Waals surface area contributed by atoms with Crippen molar-refractivity contribution in [1.29, 1.82) is 0 Å². The Kier molecular flexibility index (Phi) is 3.41. The summed E-state index contributed by atoms with van der Waals surface area (Å²) in [6.45, 7) is 2.07. The molecule has 1 heterocycles. The number of nitrogens with zero attached hydrogens (tertiary/aromatic N) is 1. The molecule has 0 aliphatic carbocycles. The number of benzene rings is 1. The normalized spacial score (nSPS) is 25.2. The molecule has 5 nitrogen and oxygen atoms in total. The fourth-order valence-electron chi connectivity index (χ4n) is 2.18. The minimum absolute atomic E-state index is 0.0493. The molecule has 0 amide bonds. The van der Waals surface area contributed by atoms with Gasteiger partial charge in [-0.3, -0.25) is 4.79 Å². The third kappa shape index (κ3) is 2.26. The Labute approximate surface area is 106 Å². The first kappa shape index (κ1) is 13.0. The monoisotopic (exact) mass is 269 g/mol. The van der Waals surface area contributed by atoms with E-state index in [-0.39, 0.29) is 23.9 Å². The second-order valence-corrected chi connectivity index (χ2v) is 6.50. The van der Waals surface area contributed by atoms with Crippen molar-refractivity contribution in [3.05, 3.63) is 30.3 Å². The van der Waals surface area contributed by atoms with E-state index in [1.807, 2.05) is 0 Å². The quantitative estimate of drug-likeness (QED) is 0.889. The van der Waals surface area contributed by atoms with Gasteiger partial charge in [-0.1, -0.05) is 25.1 Å². The highest BCUT2D eigenvalue weighted by Gasteiger charge is 2.40. The molecule has 1 aromatic carbocycles. The summed E-state index contributed by atoms with van der Waals surface area (Å²) in [6, 6.07) is 8.09. The van der Waals surface area contributed by atoms with Gasteiger partial charge in [-0.2, -0.15) is 4.31 Å². The summed E-state index contributed by atoms with van der Waals surface area (Å²) >= 11 is 0. The van der Waals surface area contributed by atoms with Crippen molar-refractivity contribution in [1.82, 2.24) is 4.31 Å². The minimum atomic E-state index is -3.57. The lowest BCUT2D eigenvalue weighted by Gasteiger charge is -2.15. The Bertz CT molecular complexity index is 540. The van der Waals surface area contributed by atoms with E-state index in [1.165, 1.54) is 16.4 Å². The summed E-state index contributed by atoms with van der Waals surface area (Å²) in [5.74, 6) is -1.72. The molecule has 0 bridgehead atoms. The predicted molar refractivity (Wildman–Crippen MR) is 65.5 cm³/mol. The number of hydrogen-bond acceptors (Lipinski definition) is 3. The van der Waals surface area contributed by atoms with Gasteiger partial charge in [-0.05, 0) is 18.1 Å². The minimum Gasteiger partial charge on any atom is -0.481 e. The maximum atomic E-state index is 12.3. The van der Waals surface area contributed by atoms with Crippen molar-refractivity contribution in [2.24, 2.45) is 11.8 Å². The first-order chi connectivity index (χ1) is 8.43. The van der Waals surface area contributed by atoms with Gasteiger partial charge >= 0.3 is 5.97 Å². The lowest BCUT2D eigenvalue weighted by Crippen LogP contribution is -2.30. The van der Waals surface area contributed by atoms with Gasteiger partial charge in [0.15, 0.2) is 0 Å². The smallest absolute Gasteiger partial charge is 0.308 e. The van der Waals surface area contributed by atoms with Crippen LogP contribution >= 0.6 is 0 Å². The molecule has 1 fully saturated rings. The maximum Gasteiger partial charge on any atom is 0.308 e. The third-order valence-corrected chi connectivity index (χ3v) is 5.12. The molecule has 1 saturated heterocycles. The molecule has 18 heavy (non-hydrogen) atoms. The molecule has 0 spiro atoms. The molecule has 2 unspecified atom stereocenters. The molecule has 1 aromatic rings. The SMILES string of the molecule is CC1CN(S(=O)(=O)c2ccccc2)CC1C(=O)O. The predicted octanol–water partition coefficient (Wildman–Crippen LogP) is 1.03. The number of carboxylic acids is 1. The topological polar surface area (TPSA) is 74.7 Å². The Morgan fingerprint density at radius 1 is 1.28 bits per heavy atom. The van der Waals surface area contributed by atoms with Gasteiger partial charge in [0.05, 0.1) is 10.8 Å². The number of sulfonamides is 1. The van der Waals surface area contributed by atoms with E-state index in [0.29, 0.717) is 0 Å². The highest BCUT2D eigenvalue weighted by atomic mass is 32.2. The second kappa shape index (κ2) is 4.70. The molecule has 2 atom stereocenters. The molecule has 1 aliphatic rings. The number of carbonyl (C=O) groups is 1. The third-order valence-electron chi connectivity index (χ3n) is 3.28. The van der Waals surface area contributed by atoms with E-state index in [2.05, 4.69) is 0 Å². The number of rotatable bonds is 3. The molecule has 6 heteroatoms. The van der Waals surface area contributed by atoms with Crippen LogP contribution in [0.2, 0.25) is 0 Å². The summed E-state index contributed by atoms with van der Waals surface area (Å²) in [5, 5.41) is 9.02. The molecule has 1 aliphatic heterocycles. The van der Waals surface area contributed by atoms with Gasteiger partial charge in [0, 0.05) is 13.1 Å². The van der Waals surface area contributed by atoms with Crippen LogP contribution in [0.4, 0.5) is 0 Å². The number of carboxylic acid groups (broad SMARTS) is 1. The Balaban J connectivity index is 2.26. The summed E-state index contributed by atoms with van der Waals surface area (Å²) in [7, 11) is -3.57. The first-order valence-electron chi connectivity index (χ1n) is 5.71. The molecular formula is C12H15NO4S. The number of hydrogen-bond donors (Lipinski definition) is 1. The van der Waals surface area contributed by atoms with Crippen LogP contribution in [0.5, 0.6) is 0 Å². The van der Waals surface area contributed by atoms with Gasteiger partial charge in [-0.25, -0.2) is 8.42 Å². The van der Waals surface area contributed by atoms with Crippen molar-refractivity contribution >= 4 is 16.0 Å². The standard InChI is InChI=1S/C12H15NO4S/c1-9-7-13(8-11(9)12(14)15)18(16,17)10-5-3-2-4-6-10/h2-6,9,11H,7-8H2,1H3,(H,14,15). The average molecular weight is 269 g/mol. The van der Waals surface area contributed by atoms with Crippen LogP contribution in [-0.4, -0.2) is 36.9 Å². The fraction of sp³-hybridized carbons (Fsp3) is 0.417. The molecule has 1 N–H and O–H groups in total. The van der Waals surface area contributed by atoms with Crippen LogP contribution < -0.4 is 0 Å². The number of aliphatic carboxylic acids is 1. The molecule has 0 aromatic heterocycles. The molecule has 0 radical (unpaired) electrons. The van der Waals surface area contributed by atoms with E-state index in [9.17, 15) is 13.2 Å². The van der Waals surface area contributed by atoms with Gasteiger partial charge in [-0.15, -0.1) is 0 Å². The Morgan fingerprint density at radius 2 is 1.89 bits per heavy atom. The zero-order chi connectivity index (χ0) is 13.3. The van der Waals surface area contributed by atoms with Crippen LogP contribution in [-0.2, 0) is 14.8 Å². The van der Waals surface area contributed by atoms with E-state index in [1.54, 1.807) is 25.1 Å². The van der Waals surface area contributed by atoms with Crippen LogP contribution in [0, 0.1) is 11.8 Å². The maximum absolute atomic E-state index is 12.3. The highest BCUT2D eigenvalue weighted by Crippen LogP contribution is 2.28. The lowest BCUT2D eigenvalue weighted by atomic mass is 9.99. The lowest BCUT2D eigenvalue weighted by molar-refractivity contribution is -0.142. The molecular weight excluding hydrogens is 254 g/mol. The molecule has 98 valence electrons. The summed E-state index contributed by atoms with van der Waals surface area (Å²) in [6.07, 6.45) is 0.